The number of amidine groups is 1. The minimum atomic E-state index is -4.02. The van der Waals surface area contributed by atoms with Crippen molar-refractivity contribution in [2.75, 3.05) is 14.1 Å². The third-order valence-corrected chi connectivity index (χ3v) is 7.33. The number of urea groups is 1. The van der Waals surface area contributed by atoms with Gasteiger partial charge in [-0.1, -0.05) is 48.5 Å². The number of fused-ring (bicyclic) bond motifs is 1. The van der Waals surface area contributed by atoms with E-state index in [0.29, 0.717) is 5.56 Å². The van der Waals surface area contributed by atoms with Crippen molar-refractivity contribution in [2.45, 2.75) is 16.3 Å². The topological polar surface area (TPSA) is 113 Å². The number of hydrogen-bond donors (Lipinski definition) is 1. The van der Waals surface area contributed by atoms with E-state index in [9.17, 15) is 18.0 Å². The van der Waals surface area contributed by atoms with E-state index in [1.807, 2.05) is 0 Å². The molecule has 0 radical (unpaired) electrons. The highest BCUT2D eigenvalue weighted by atomic mass is 32.2. The van der Waals surface area contributed by atoms with Crippen LogP contribution in [-0.2, 0) is 14.6 Å². The van der Waals surface area contributed by atoms with Gasteiger partial charge in [-0.25, -0.2) is 18.2 Å². The molecule has 2 aromatic carbocycles. The fraction of sp³-hybridized carbons (Fsp3) is 0.190. The predicted molar refractivity (Wildman–Crippen MR) is 112 cm³/mol. The van der Waals surface area contributed by atoms with Crippen LogP contribution in [0.4, 0.5) is 4.79 Å². The summed E-state index contributed by atoms with van der Waals surface area (Å²) in [6, 6.07) is 16.1. The highest BCUT2D eigenvalue weighted by molar-refractivity contribution is 7.93. The molecule has 4 rings (SSSR count). The van der Waals surface area contributed by atoms with Gasteiger partial charge in [-0.2, -0.15) is 0 Å². The number of hydrogen-bond acceptors (Lipinski definition) is 6. The summed E-state index contributed by atoms with van der Waals surface area (Å²) in [6.07, 6.45) is -0.987. The number of carbonyl (C=O) groups is 2. The second-order valence-electron chi connectivity index (χ2n) is 7.12. The van der Waals surface area contributed by atoms with E-state index in [4.69, 9.17) is 5.73 Å². The Morgan fingerprint density at radius 1 is 0.900 bits per heavy atom. The molecule has 1 fully saturated rings. The monoisotopic (exact) mass is 424 g/mol. The first kappa shape index (κ1) is 19.8. The zero-order valence-electron chi connectivity index (χ0n) is 16.4. The summed E-state index contributed by atoms with van der Waals surface area (Å²) in [4.78, 5) is 32.1. The van der Waals surface area contributed by atoms with Gasteiger partial charge in [-0.15, -0.1) is 0 Å². The van der Waals surface area contributed by atoms with Crippen LogP contribution in [0, 0.1) is 0 Å². The highest BCUT2D eigenvalue weighted by Gasteiger charge is 2.48. The fourth-order valence-corrected chi connectivity index (χ4v) is 5.56. The van der Waals surface area contributed by atoms with Crippen molar-refractivity contribution < 1.29 is 18.0 Å². The van der Waals surface area contributed by atoms with E-state index in [1.54, 1.807) is 48.5 Å². The van der Waals surface area contributed by atoms with Gasteiger partial charge < -0.3 is 10.6 Å². The number of aliphatic imine (C=N–C) groups is 1. The molecule has 8 nitrogen and oxygen atoms in total. The summed E-state index contributed by atoms with van der Waals surface area (Å²) in [6.45, 7) is 0. The average molecular weight is 424 g/mol. The molecule has 154 valence electrons. The maximum atomic E-state index is 13.6. The van der Waals surface area contributed by atoms with Gasteiger partial charge in [0.2, 0.25) is 0 Å². The molecular formula is C21H20N4O4S. The van der Waals surface area contributed by atoms with Crippen molar-refractivity contribution in [3.05, 3.63) is 71.8 Å². The van der Waals surface area contributed by atoms with Crippen LogP contribution >= 0.6 is 0 Å². The van der Waals surface area contributed by atoms with Crippen LogP contribution in [0.2, 0.25) is 0 Å². The lowest BCUT2D eigenvalue weighted by molar-refractivity contribution is -0.125. The Bertz CT molecular complexity index is 1190. The molecule has 2 heterocycles. The summed E-state index contributed by atoms with van der Waals surface area (Å²) >= 11 is 0. The van der Waals surface area contributed by atoms with E-state index in [-0.39, 0.29) is 21.9 Å². The van der Waals surface area contributed by atoms with E-state index < -0.39 is 33.2 Å². The highest BCUT2D eigenvalue weighted by Crippen LogP contribution is 2.39. The van der Waals surface area contributed by atoms with Crippen LogP contribution in [0.25, 0.3) is 5.57 Å². The largest absolute Gasteiger partial charge is 0.386 e. The molecule has 0 spiro atoms. The van der Waals surface area contributed by atoms with E-state index in [2.05, 4.69) is 4.99 Å². The number of likely N-dealkylation sites (N-methyl/N-ethyl adjacent to an activating group) is 2. The normalized spacial score (nSPS) is 22.1. The number of dihydropyridines is 1. The Balaban J connectivity index is 2.03. The molecule has 2 aliphatic heterocycles. The fourth-order valence-electron chi connectivity index (χ4n) is 3.80. The zero-order chi connectivity index (χ0) is 21.6. The van der Waals surface area contributed by atoms with Crippen molar-refractivity contribution >= 4 is 33.2 Å². The molecule has 0 saturated carbocycles. The minimum absolute atomic E-state index is 0.0710. The lowest BCUT2D eigenvalue weighted by Crippen LogP contribution is -2.58. The lowest BCUT2D eigenvalue weighted by atomic mass is 9.90. The molecule has 2 atom stereocenters. The smallest absolute Gasteiger partial charge is 0.328 e. The number of nitrogens with zero attached hydrogens (tertiary/aromatic N) is 3. The average Bonchev–Trinajstić information content (AvgIpc) is 2.76. The number of imide groups is 1. The summed E-state index contributed by atoms with van der Waals surface area (Å²) in [5.74, 6) is -0.755. The Morgan fingerprint density at radius 2 is 1.47 bits per heavy atom. The second-order valence-corrected chi connectivity index (χ2v) is 9.15. The Hall–Kier alpha value is -3.46. The van der Waals surface area contributed by atoms with Crippen LogP contribution in [0.3, 0.4) is 0 Å². The first-order chi connectivity index (χ1) is 14.2. The summed E-state index contributed by atoms with van der Waals surface area (Å²) in [5, 5.41) is -1.35. The SMILES string of the molecule is CN1C(=O)C2=C(c3ccccc3)C(S(=O)(=O)c3ccccc3)C(N)=NC2N(C)C1=O. The molecule has 3 amide bonds. The molecule has 0 aromatic heterocycles. The number of benzene rings is 2. The first-order valence-corrected chi connectivity index (χ1v) is 10.8. The second kappa shape index (κ2) is 7.10. The predicted octanol–water partition coefficient (Wildman–Crippen LogP) is 1.50. The molecule has 2 N–H and O–H groups in total. The molecule has 1 saturated heterocycles. The van der Waals surface area contributed by atoms with Crippen molar-refractivity contribution in [1.82, 2.24) is 9.80 Å². The van der Waals surface area contributed by atoms with Crippen LogP contribution in [0.1, 0.15) is 5.56 Å². The first-order valence-electron chi connectivity index (χ1n) is 9.21. The molecular weight excluding hydrogens is 404 g/mol. The molecule has 30 heavy (non-hydrogen) atoms. The van der Waals surface area contributed by atoms with Crippen molar-refractivity contribution in [2.24, 2.45) is 10.7 Å². The maximum absolute atomic E-state index is 13.6. The number of sulfone groups is 1. The Kier molecular flexibility index (Phi) is 4.70. The van der Waals surface area contributed by atoms with Gasteiger partial charge in [0, 0.05) is 14.1 Å². The van der Waals surface area contributed by atoms with Crippen LogP contribution in [0.5, 0.6) is 0 Å². The van der Waals surface area contributed by atoms with Crippen LogP contribution in [0.15, 0.2) is 76.1 Å². The Morgan fingerprint density at radius 3 is 2.07 bits per heavy atom. The zero-order valence-corrected chi connectivity index (χ0v) is 17.2. The maximum Gasteiger partial charge on any atom is 0.328 e. The number of rotatable bonds is 3. The Labute approximate surface area is 174 Å². The molecule has 0 aliphatic carbocycles. The molecule has 9 heteroatoms. The van der Waals surface area contributed by atoms with E-state index >= 15 is 0 Å². The van der Waals surface area contributed by atoms with Crippen molar-refractivity contribution in [3.8, 4) is 0 Å². The number of carbonyl (C=O) groups excluding carboxylic acids is 2. The van der Waals surface area contributed by atoms with Gasteiger partial charge in [0.1, 0.15) is 11.1 Å². The minimum Gasteiger partial charge on any atom is -0.386 e. The van der Waals surface area contributed by atoms with E-state index in [1.165, 1.54) is 31.1 Å². The van der Waals surface area contributed by atoms with Crippen molar-refractivity contribution in [1.29, 1.82) is 0 Å². The third-order valence-electron chi connectivity index (χ3n) is 5.31. The standard InChI is InChI=1S/C21H20N4O4S/c1-24-19-16(20(26)25(2)21(24)27)15(13-9-5-3-6-10-13)17(18(22)23-19)30(28,29)14-11-7-4-8-12-14/h3-12,17,19H,1-2H3,(H2,22,23). The summed E-state index contributed by atoms with van der Waals surface area (Å²) in [7, 11) is -1.16. The van der Waals surface area contributed by atoms with Gasteiger partial charge in [-0.3, -0.25) is 9.69 Å². The van der Waals surface area contributed by atoms with Gasteiger partial charge >= 0.3 is 6.03 Å². The molecule has 2 aromatic rings. The molecule has 0 bridgehead atoms. The molecule has 2 aliphatic rings. The summed E-state index contributed by atoms with van der Waals surface area (Å²) < 4.78 is 27.2. The van der Waals surface area contributed by atoms with Gasteiger partial charge in [0.05, 0.1) is 10.5 Å². The molecule has 2 unspecified atom stereocenters. The number of amides is 3. The van der Waals surface area contributed by atoms with Crippen molar-refractivity contribution in [3.63, 3.8) is 0 Å². The third kappa shape index (κ3) is 2.89. The van der Waals surface area contributed by atoms with Gasteiger partial charge in [-0.05, 0) is 23.3 Å². The quantitative estimate of drug-likeness (QED) is 0.802. The van der Waals surface area contributed by atoms with Crippen LogP contribution < -0.4 is 5.73 Å². The van der Waals surface area contributed by atoms with Gasteiger partial charge in [0.25, 0.3) is 5.91 Å². The van der Waals surface area contributed by atoms with Gasteiger partial charge in [0.15, 0.2) is 16.0 Å². The van der Waals surface area contributed by atoms with E-state index in [0.717, 1.165) is 4.90 Å². The summed E-state index contributed by atoms with van der Waals surface area (Å²) in [5.41, 5.74) is 7.10. The van der Waals surface area contributed by atoms with Crippen LogP contribution in [-0.4, -0.2) is 61.5 Å². The number of nitrogens with two attached hydrogens (primary N) is 1. The lowest BCUT2D eigenvalue weighted by Gasteiger charge is -2.41.